The first-order valence-electron chi connectivity index (χ1n) is 9.71. The minimum Gasteiger partial charge on any atom is -0.387 e. The van der Waals surface area contributed by atoms with Gasteiger partial charge in [0.15, 0.2) is 0 Å². The van der Waals surface area contributed by atoms with E-state index in [4.69, 9.17) is 4.98 Å². The summed E-state index contributed by atoms with van der Waals surface area (Å²) in [6, 6.07) is 12.4. The van der Waals surface area contributed by atoms with Crippen molar-refractivity contribution < 1.29 is 5.11 Å². The van der Waals surface area contributed by atoms with Crippen LogP contribution >= 0.6 is 0 Å². The Hall–Kier alpha value is -1.98. The lowest BCUT2D eigenvalue weighted by Gasteiger charge is -2.34. The minimum absolute atomic E-state index is 0.447. The Balaban J connectivity index is 1.50. The predicted molar refractivity (Wildman–Crippen MR) is 105 cm³/mol. The van der Waals surface area contributed by atoms with Crippen molar-refractivity contribution in [3.05, 3.63) is 53.5 Å². The van der Waals surface area contributed by atoms with Crippen LogP contribution < -0.4 is 10.2 Å². The lowest BCUT2D eigenvalue weighted by atomic mass is 10.0. The first-order chi connectivity index (χ1) is 12.7. The van der Waals surface area contributed by atoms with Crippen molar-refractivity contribution >= 4 is 5.82 Å². The van der Waals surface area contributed by atoms with E-state index in [9.17, 15) is 5.11 Å². The largest absolute Gasteiger partial charge is 0.387 e. The van der Waals surface area contributed by atoms with Gasteiger partial charge in [-0.25, -0.2) is 9.97 Å². The van der Waals surface area contributed by atoms with E-state index < -0.39 is 6.10 Å². The number of nitrogens with zero attached hydrogens (tertiary/aromatic N) is 3. The molecule has 1 aromatic heterocycles. The second kappa shape index (κ2) is 9.10. The van der Waals surface area contributed by atoms with Gasteiger partial charge in [0.2, 0.25) is 0 Å². The summed E-state index contributed by atoms with van der Waals surface area (Å²) in [5.74, 6) is 2.01. The van der Waals surface area contributed by atoms with Gasteiger partial charge in [-0.15, -0.1) is 0 Å². The lowest BCUT2D eigenvalue weighted by molar-refractivity contribution is 0.167. The average Bonchev–Trinajstić information content (AvgIpc) is 2.67. The second-order valence-corrected chi connectivity index (χ2v) is 7.13. The van der Waals surface area contributed by atoms with Crippen molar-refractivity contribution in [3.63, 3.8) is 0 Å². The van der Waals surface area contributed by atoms with Gasteiger partial charge < -0.3 is 15.3 Å². The highest BCUT2D eigenvalue weighted by Crippen LogP contribution is 2.20. The number of aromatic nitrogens is 2. The molecule has 3 rings (SSSR count). The van der Waals surface area contributed by atoms with Crippen LogP contribution in [-0.4, -0.2) is 40.8 Å². The molecule has 26 heavy (non-hydrogen) atoms. The summed E-state index contributed by atoms with van der Waals surface area (Å²) in [4.78, 5) is 11.6. The number of aryl methyl sites for hydroxylation is 2. The van der Waals surface area contributed by atoms with Crippen LogP contribution in [0.3, 0.4) is 0 Å². The number of anilines is 1. The molecule has 5 heteroatoms. The molecule has 1 atom stereocenters. The molecule has 0 aliphatic carbocycles. The molecule has 5 nitrogen and oxygen atoms in total. The van der Waals surface area contributed by atoms with Gasteiger partial charge in [0.05, 0.1) is 6.10 Å². The normalized spacial score (nSPS) is 16.7. The van der Waals surface area contributed by atoms with Gasteiger partial charge in [-0.3, -0.25) is 0 Å². The van der Waals surface area contributed by atoms with Crippen molar-refractivity contribution in [1.82, 2.24) is 15.3 Å². The van der Waals surface area contributed by atoms with Crippen LogP contribution in [0.1, 0.15) is 49.4 Å². The monoisotopic (exact) mass is 354 g/mol. The standard InChI is InChI=1S/C21H30N4O/c1-3-7-20-23-16(2)14-21(24-20)25-12-10-18(11-13-25)22-15-19(26)17-8-5-4-6-9-17/h4-6,8-9,14,18-19,22,26H,3,7,10-13,15H2,1-2H3/t19-/m0/s1. The average molecular weight is 354 g/mol. The highest BCUT2D eigenvalue weighted by Gasteiger charge is 2.21. The van der Waals surface area contributed by atoms with Gasteiger partial charge in [-0.1, -0.05) is 37.3 Å². The molecule has 0 radical (unpaired) electrons. The van der Waals surface area contributed by atoms with Crippen LogP contribution in [0.5, 0.6) is 0 Å². The molecule has 0 spiro atoms. The first kappa shape index (κ1) is 18.8. The van der Waals surface area contributed by atoms with Crippen LogP contribution in [0.25, 0.3) is 0 Å². The zero-order valence-corrected chi connectivity index (χ0v) is 15.9. The van der Waals surface area contributed by atoms with Crippen LogP contribution in [0.2, 0.25) is 0 Å². The van der Waals surface area contributed by atoms with Gasteiger partial charge in [-0.05, 0) is 31.7 Å². The molecule has 1 aromatic carbocycles. The third-order valence-electron chi connectivity index (χ3n) is 4.96. The first-order valence-corrected chi connectivity index (χ1v) is 9.71. The molecule has 1 saturated heterocycles. The fourth-order valence-corrected chi connectivity index (χ4v) is 3.49. The maximum Gasteiger partial charge on any atom is 0.132 e. The Labute approximate surface area is 156 Å². The molecule has 1 fully saturated rings. The quantitative estimate of drug-likeness (QED) is 0.800. The maximum atomic E-state index is 10.3. The van der Waals surface area contributed by atoms with Gasteiger partial charge in [-0.2, -0.15) is 0 Å². The summed E-state index contributed by atoms with van der Waals surface area (Å²) in [6.45, 7) is 6.78. The lowest BCUT2D eigenvalue weighted by Crippen LogP contribution is -2.44. The number of aliphatic hydroxyl groups is 1. The van der Waals surface area contributed by atoms with Crippen LogP contribution in [0.4, 0.5) is 5.82 Å². The van der Waals surface area contributed by atoms with Crippen molar-refractivity contribution in [2.24, 2.45) is 0 Å². The molecular weight excluding hydrogens is 324 g/mol. The van der Waals surface area contributed by atoms with Crippen LogP contribution in [0.15, 0.2) is 36.4 Å². The summed E-state index contributed by atoms with van der Waals surface area (Å²) >= 11 is 0. The minimum atomic E-state index is -0.449. The fraction of sp³-hybridized carbons (Fsp3) is 0.524. The Bertz CT molecular complexity index is 684. The number of piperidine rings is 1. The number of benzene rings is 1. The molecule has 0 amide bonds. The summed E-state index contributed by atoms with van der Waals surface area (Å²) in [5.41, 5.74) is 2.02. The molecule has 2 N–H and O–H groups in total. The highest BCUT2D eigenvalue weighted by molar-refractivity contribution is 5.40. The second-order valence-electron chi connectivity index (χ2n) is 7.13. The number of nitrogens with one attached hydrogen (secondary N) is 1. The summed E-state index contributed by atoms with van der Waals surface area (Å²) in [7, 11) is 0. The van der Waals surface area contributed by atoms with E-state index in [2.05, 4.69) is 28.2 Å². The topological polar surface area (TPSA) is 61.3 Å². The Morgan fingerprint density at radius 3 is 2.62 bits per heavy atom. The maximum absolute atomic E-state index is 10.3. The molecule has 2 heterocycles. The molecule has 0 saturated carbocycles. The van der Waals surface area contributed by atoms with Crippen LogP contribution in [0, 0.1) is 6.92 Å². The third kappa shape index (κ3) is 5.02. The van der Waals surface area contributed by atoms with E-state index in [0.29, 0.717) is 12.6 Å². The van der Waals surface area contributed by atoms with Gasteiger partial charge in [0, 0.05) is 43.9 Å². The zero-order chi connectivity index (χ0) is 18.4. The molecule has 0 bridgehead atoms. The Morgan fingerprint density at radius 2 is 1.92 bits per heavy atom. The van der Waals surface area contributed by atoms with E-state index in [-0.39, 0.29) is 0 Å². The molecular formula is C21H30N4O. The summed E-state index contributed by atoms with van der Waals surface area (Å²) < 4.78 is 0. The molecule has 1 aliphatic heterocycles. The Kier molecular flexibility index (Phi) is 6.58. The molecule has 1 aliphatic rings. The van der Waals surface area contributed by atoms with Crippen molar-refractivity contribution in [3.8, 4) is 0 Å². The van der Waals surface area contributed by atoms with Crippen LogP contribution in [-0.2, 0) is 6.42 Å². The smallest absolute Gasteiger partial charge is 0.132 e. The van der Waals surface area contributed by atoms with E-state index in [1.807, 2.05) is 37.3 Å². The number of aliphatic hydroxyl groups excluding tert-OH is 1. The van der Waals surface area contributed by atoms with E-state index in [1.165, 1.54) is 0 Å². The predicted octanol–water partition coefficient (Wildman–Crippen LogP) is 3.03. The SMILES string of the molecule is CCCc1nc(C)cc(N2CCC(NC[C@H](O)c3ccccc3)CC2)n1. The van der Waals surface area contributed by atoms with Crippen molar-refractivity contribution in [2.75, 3.05) is 24.5 Å². The molecule has 140 valence electrons. The number of hydrogen-bond acceptors (Lipinski definition) is 5. The zero-order valence-electron chi connectivity index (χ0n) is 15.9. The van der Waals surface area contributed by atoms with Gasteiger partial charge in [0.25, 0.3) is 0 Å². The number of rotatable bonds is 7. The Morgan fingerprint density at radius 1 is 1.19 bits per heavy atom. The van der Waals surface area contributed by atoms with E-state index in [1.54, 1.807) is 0 Å². The fourth-order valence-electron chi connectivity index (χ4n) is 3.49. The van der Waals surface area contributed by atoms with E-state index >= 15 is 0 Å². The van der Waals surface area contributed by atoms with Gasteiger partial charge in [0.1, 0.15) is 11.6 Å². The van der Waals surface area contributed by atoms with Crippen molar-refractivity contribution in [2.45, 2.75) is 51.7 Å². The number of hydrogen-bond donors (Lipinski definition) is 2. The summed E-state index contributed by atoms with van der Waals surface area (Å²) in [6.07, 6.45) is 3.68. The third-order valence-corrected chi connectivity index (χ3v) is 4.96. The molecule has 0 unspecified atom stereocenters. The molecule has 2 aromatic rings. The summed E-state index contributed by atoms with van der Waals surface area (Å²) in [5, 5.41) is 13.8. The van der Waals surface area contributed by atoms with Crippen molar-refractivity contribution in [1.29, 1.82) is 0 Å². The van der Waals surface area contributed by atoms with Gasteiger partial charge >= 0.3 is 0 Å². The van der Waals surface area contributed by atoms with E-state index in [0.717, 1.165) is 61.7 Å². The highest BCUT2D eigenvalue weighted by atomic mass is 16.3.